The van der Waals surface area contributed by atoms with E-state index in [-0.39, 0.29) is 17.2 Å². The van der Waals surface area contributed by atoms with Gasteiger partial charge in [-0.1, -0.05) is 38.1 Å². The first-order chi connectivity index (χ1) is 12.9. The van der Waals surface area contributed by atoms with Crippen LogP contribution in [0.15, 0.2) is 24.3 Å². The average molecular weight is 370 g/mol. The van der Waals surface area contributed by atoms with Crippen LogP contribution in [0.3, 0.4) is 0 Å². The van der Waals surface area contributed by atoms with Crippen molar-refractivity contribution in [2.75, 3.05) is 39.3 Å². The van der Waals surface area contributed by atoms with Crippen molar-refractivity contribution in [2.24, 2.45) is 5.92 Å². The van der Waals surface area contributed by atoms with Gasteiger partial charge in [0, 0.05) is 57.5 Å². The van der Waals surface area contributed by atoms with Gasteiger partial charge in [0.2, 0.25) is 11.8 Å². The summed E-state index contributed by atoms with van der Waals surface area (Å²) >= 11 is 0. The van der Waals surface area contributed by atoms with Gasteiger partial charge < -0.3 is 9.80 Å². The highest BCUT2D eigenvalue weighted by atomic mass is 16.2. The molecule has 0 bridgehead atoms. The highest BCUT2D eigenvalue weighted by molar-refractivity contribution is 5.80. The van der Waals surface area contributed by atoms with E-state index in [0.29, 0.717) is 25.0 Å². The number of piperazine rings is 1. The zero-order chi connectivity index (χ0) is 19.2. The van der Waals surface area contributed by atoms with Crippen molar-refractivity contribution in [2.45, 2.75) is 45.1 Å². The van der Waals surface area contributed by atoms with Gasteiger partial charge in [-0.05, 0) is 24.0 Å². The number of rotatable bonds is 1. The number of nitrogens with zero attached hydrogens (tertiary/aromatic N) is 3. The molecule has 5 heteroatoms. The standard InChI is InChI=1S/C22H31N3O2/c1-16(26)23-10-8-17(9-11-23)21(27)24-12-13-25-15-22(2,3)19-7-5-4-6-18(19)20(25)14-24/h4-7,17,20H,8-15H2,1-3H3. The Labute approximate surface area is 162 Å². The molecule has 2 amide bonds. The summed E-state index contributed by atoms with van der Waals surface area (Å²) in [6, 6.07) is 9.06. The molecule has 2 fully saturated rings. The predicted octanol–water partition coefficient (Wildman–Crippen LogP) is 2.42. The van der Waals surface area contributed by atoms with Gasteiger partial charge in [-0.25, -0.2) is 0 Å². The van der Waals surface area contributed by atoms with Crippen LogP contribution in [0.5, 0.6) is 0 Å². The van der Waals surface area contributed by atoms with Gasteiger partial charge in [-0.2, -0.15) is 0 Å². The van der Waals surface area contributed by atoms with Gasteiger partial charge in [0.15, 0.2) is 0 Å². The number of fused-ring (bicyclic) bond motifs is 3. The molecular weight excluding hydrogens is 338 g/mol. The van der Waals surface area contributed by atoms with Crippen LogP contribution in [0.25, 0.3) is 0 Å². The van der Waals surface area contributed by atoms with Gasteiger partial charge in [-0.15, -0.1) is 0 Å². The Hall–Kier alpha value is -1.88. The highest BCUT2D eigenvalue weighted by Gasteiger charge is 2.42. The van der Waals surface area contributed by atoms with Crippen LogP contribution in [0.1, 0.15) is 50.8 Å². The third-order valence-electron chi connectivity index (χ3n) is 6.74. The van der Waals surface area contributed by atoms with E-state index in [0.717, 1.165) is 39.0 Å². The van der Waals surface area contributed by atoms with E-state index in [1.165, 1.54) is 11.1 Å². The minimum absolute atomic E-state index is 0.0717. The second kappa shape index (κ2) is 6.93. The Balaban J connectivity index is 1.48. The molecule has 3 aliphatic rings. The molecule has 0 N–H and O–H groups in total. The van der Waals surface area contributed by atoms with E-state index in [9.17, 15) is 9.59 Å². The largest absolute Gasteiger partial charge is 0.343 e. The first kappa shape index (κ1) is 18.5. The quantitative estimate of drug-likeness (QED) is 0.764. The van der Waals surface area contributed by atoms with Gasteiger partial charge in [-0.3, -0.25) is 14.5 Å². The molecule has 0 radical (unpaired) electrons. The number of likely N-dealkylation sites (tertiary alicyclic amines) is 1. The number of benzene rings is 1. The summed E-state index contributed by atoms with van der Waals surface area (Å²) < 4.78 is 0. The zero-order valence-corrected chi connectivity index (χ0v) is 16.8. The van der Waals surface area contributed by atoms with Crippen molar-refractivity contribution in [3.8, 4) is 0 Å². The van der Waals surface area contributed by atoms with Gasteiger partial charge in [0.25, 0.3) is 0 Å². The minimum Gasteiger partial charge on any atom is -0.343 e. The van der Waals surface area contributed by atoms with Crippen LogP contribution in [0.2, 0.25) is 0 Å². The first-order valence-corrected chi connectivity index (χ1v) is 10.2. The average Bonchev–Trinajstić information content (AvgIpc) is 2.67. The van der Waals surface area contributed by atoms with Crippen molar-refractivity contribution in [1.29, 1.82) is 0 Å². The summed E-state index contributed by atoms with van der Waals surface area (Å²) in [4.78, 5) is 31.2. The molecule has 0 spiro atoms. The fraction of sp³-hybridized carbons (Fsp3) is 0.636. The molecule has 1 unspecified atom stereocenters. The summed E-state index contributed by atoms with van der Waals surface area (Å²) in [5.41, 5.74) is 2.96. The summed E-state index contributed by atoms with van der Waals surface area (Å²) in [5, 5.41) is 0. The van der Waals surface area contributed by atoms with E-state index < -0.39 is 0 Å². The second-order valence-corrected chi connectivity index (χ2v) is 9.02. The molecule has 0 aromatic heterocycles. The third-order valence-corrected chi connectivity index (χ3v) is 6.74. The zero-order valence-electron chi connectivity index (χ0n) is 16.8. The molecule has 2 saturated heterocycles. The van der Waals surface area contributed by atoms with Gasteiger partial charge in [0.1, 0.15) is 0 Å². The lowest BCUT2D eigenvalue weighted by Gasteiger charge is -2.50. The monoisotopic (exact) mass is 369 g/mol. The predicted molar refractivity (Wildman–Crippen MR) is 105 cm³/mol. The Kier molecular flexibility index (Phi) is 4.75. The van der Waals surface area contributed by atoms with Crippen LogP contribution in [-0.2, 0) is 15.0 Å². The van der Waals surface area contributed by atoms with Crippen molar-refractivity contribution >= 4 is 11.8 Å². The number of amides is 2. The minimum atomic E-state index is 0.0717. The van der Waals surface area contributed by atoms with Crippen molar-refractivity contribution in [3.05, 3.63) is 35.4 Å². The number of hydrogen-bond donors (Lipinski definition) is 0. The lowest BCUT2D eigenvalue weighted by molar-refractivity contribution is -0.143. The summed E-state index contributed by atoms with van der Waals surface area (Å²) in [5.74, 6) is 0.485. The molecule has 3 aliphatic heterocycles. The van der Waals surface area contributed by atoms with Crippen LogP contribution >= 0.6 is 0 Å². The highest BCUT2D eigenvalue weighted by Crippen LogP contribution is 2.41. The summed E-state index contributed by atoms with van der Waals surface area (Å²) in [7, 11) is 0. The molecule has 1 aromatic carbocycles. The second-order valence-electron chi connectivity index (χ2n) is 9.02. The Morgan fingerprint density at radius 1 is 1.00 bits per heavy atom. The fourth-order valence-electron chi connectivity index (χ4n) is 5.20. The van der Waals surface area contributed by atoms with E-state index in [1.807, 2.05) is 4.90 Å². The van der Waals surface area contributed by atoms with Crippen molar-refractivity contribution in [3.63, 3.8) is 0 Å². The fourth-order valence-corrected chi connectivity index (χ4v) is 5.20. The summed E-state index contributed by atoms with van der Waals surface area (Å²) in [6.07, 6.45) is 1.60. The SMILES string of the molecule is CC(=O)N1CCC(C(=O)N2CCN3CC(C)(C)c4ccccc4C3C2)CC1. The molecule has 0 saturated carbocycles. The van der Waals surface area contributed by atoms with E-state index >= 15 is 0 Å². The molecular formula is C22H31N3O2. The van der Waals surface area contributed by atoms with Crippen LogP contribution in [0.4, 0.5) is 0 Å². The van der Waals surface area contributed by atoms with E-state index in [4.69, 9.17) is 0 Å². The van der Waals surface area contributed by atoms with Crippen LogP contribution in [0, 0.1) is 5.92 Å². The number of carbonyl (C=O) groups excluding carboxylic acids is 2. The van der Waals surface area contributed by atoms with E-state index in [1.54, 1.807) is 6.92 Å². The lowest BCUT2D eigenvalue weighted by atomic mass is 9.75. The van der Waals surface area contributed by atoms with Gasteiger partial charge >= 0.3 is 0 Å². The Morgan fingerprint density at radius 3 is 2.41 bits per heavy atom. The van der Waals surface area contributed by atoms with Crippen molar-refractivity contribution < 1.29 is 9.59 Å². The van der Waals surface area contributed by atoms with Crippen LogP contribution < -0.4 is 0 Å². The van der Waals surface area contributed by atoms with Crippen LogP contribution in [-0.4, -0.2) is 65.8 Å². The Morgan fingerprint density at radius 2 is 1.70 bits per heavy atom. The number of carbonyl (C=O) groups is 2. The van der Waals surface area contributed by atoms with Gasteiger partial charge in [0.05, 0.1) is 6.04 Å². The molecule has 1 atom stereocenters. The summed E-state index contributed by atoms with van der Waals surface area (Å²) in [6.45, 7) is 11.3. The molecule has 4 rings (SSSR count). The van der Waals surface area contributed by atoms with E-state index in [2.05, 4.69) is 47.9 Å². The maximum atomic E-state index is 13.1. The molecule has 146 valence electrons. The topological polar surface area (TPSA) is 43.9 Å². The number of piperidine rings is 1. The number of hydrogen-bond acceptors (Lipinski definition) is 3. The molecule has 3 heterocycles. The lowest BCUT2D eigenvalue weighted by Crippen LogP contribution is -2.57. The first-order valence-electron chi connectivity index (χ1n) is 10.2. The smallest absolute Gasteiger partial charge is 0.225 e. The maximum absolute atomic E-state index is 13.1. The molecule has 27 heavy (non-hydrogen) atoms. The molecule has 0 aliphatic carbocycles. The third kappa shape index (κ3) is 3.38. The normalized spacial score (nSPS) is 25.7. The van der Waals surface area contributed by atoms with Crippen molar-refractivity contribution in [1.82, 2.24) is 14.7 Å². The molecule has 5 nitrogen and oxygen atoms in total. The molecule has 1 aromatic rings. The Bertz CT molecular complexity index is 737. The maximum Gasteiger partial charge on any atom is 0.225 e.